The molecule has 0 saturated carbocycles. The molecular formula is C21H19F3N4O2S. The number of nitrogens with one attached hydrogen (secondary N) is 1. The van der Waals surface area contributed by atoms with Gasteiger partial charge >= 0.3 is 6.18 Å². The fourth-order valence-corrected chi connectivity index (χ4v) is 3.39. The van der Waals surface area contributed by atoms with Gasteiger partial charge in [-0.15, -0.1) is 0 Å². The van der Waals surface area contributed by atoms with Gasteiger partial charge < -0.3 is 15.8 Å². The van der Waals surface area contributed by atoms with Crippen molar-refractivity contribution in [3.8, 4) is 17.0 Å². The van der Waals surface area contributed by atoms with Crippen molar-refractivity contribution in [3.05, 3.63) is 60.3 Å². The van der Waals surface area contributed by atoms with Crippen LogP contribution in [-0.2, 0) is 11.0 Å². The highest BCUT2D eigenvalue weighted by Crippen LogP contribution is 2.33. The number of methoxy groups -OCH3 is 1. The Hall–Kier alpha value is -3.27. The molecule has 0 aliphatic carbocycles. The Bertz CT molecular complexity index is 1080. The molecule has 0 spiro atoms. The molecule has 3 rings (SSSR count). The third kappa shape index (κ3) is 5.66. The number of nitrogens with zero attached hydrogens (tertiary/aromatic N) is 2. The van der Waals surface area contributed by atoms with Gasteiger partial charge in [0.15, 0.2) is 5.16 Å². The van der Waals surface area contributed by atoms with Crippen molar-refractivity contribution >= 4 is 29.0 Å². The van der Waals surface area contributed by atoms with E-state index in [-0.39, 0.29) is 10.9 Å². The van der Waals surface area contributed by atoms with Crippen molar-refractivity contribution in [2.75, 3.05) is 18.2 Å². The summed E-state index contributed by atoms with van der Waals surface area (Å²) >= 11 is 0.824. The van der Waals surface area contributed by atoms with Gasteiger partial charge in [-0.1, -0.05) is 42.1 Å². The predicted octanol–water partition coefficient (Wildman–Crippen LogP) is 4.87. The minimum absolute atomic E-state index is 0.123. The highest BCUT2D eigenvalue weighted by Gasteiger charge is 2.34. The lowest BCUT2D eigenvalue weighted by Gasteiger charge is -2.15. The number of carbonyl (C=O) groups excluding carboxylic acids is 1. The first-order valence-corrected chi connectivity index (χ1v) is 9.98. The van der Waals surface area contributed by atoms with Gasteiger partial charge in [0.2, 0.25) is 5.91 Å². The zero-order valence-corrected chi connectivity index (χ0v) is 17.4. The average molecular weight is 448 g/mol. The molecule has 1 amide bonds. The summed E-state index contributed by atoms with van der Waals surface area (Å²) in [5.41, 5.74) is 6.13. The number of amides is 1. The second-order valence-electron chi connectivity index (χ2n) is 6.49. The number of benzene rings is 2. The molecule has 0 fully saturated rings. The molecule has 1 heterocycles. The Morgan fingerprint density at radius 3 is 2.45 bits per heavy atom. The summed E-state index contributed by atoms with van der Waals surface area (Å²) in [7, 11) is 1.49. The molecule has 0 saturated heterocycles. The average Bonchev–Trinajstić information content (AvgIpc) is 2.74. The lowest BCUT2D eigenvalue weighted by atomic mass is 10.1. The van der Waals surface area contributed by atoms with Crippen LogP contribution in [0.5, 0.6) is 5.75 Å². The number of hydrogen-bond donors (Lipinski definition) is 2. The number of halogens is 3. The number of ether oxygens (including phenoxy) is 1. The maximum atomic E-state index is 13.4. The van der Waals surface area contributed by atoms with Crippen LogP contribution in [0.25, 0.3) is 11.3 Å². The fourth-order valence-electron chi connectivity index (χ4n) is 2.61. The molecule has 0 aliphatic heterocycles. The number of aromatic nitrogens is 2. The van der Waals surface area contributed by atoms with E-state index in [0.717, 1.165) is 17.8 Å². The molecule has 1 aromatic heterocycles. The maximum Gasteiger partial charge on any atom is 0.433 e. The van der Waals surface area contributed by atoms with E-state index in [1.165, 1.54) is 7.11 Å². The molecule has 1 unspecified atom stereocenters. The summed E-state index contributed by atoms with van der Waals surface area (Å²) in [5, 5.41) is 1.72. The van der Waals surface area contributed by atoms with Crippen LogP contribution in [-0.4, -0.2) is 28.2 Å². The molecule has 6 nitrogen and oxygen atoms in total. The van der Waals surface area contributed by atoms with Gasteiger partial charge in [0.05, 0.1) is 29.4 Å². The highest BCUT2D eigenvalue weighted by atomic mass is 32.2. The van der Waals surface area contributed by atoms with Crippen LogP contribution in [0.3, 0.4) is 0 Å². The van der Waals surface area contributed by atoms with Crippen LogP contribution >= 0.6 is 11.8 Å². The Kier molecular flexibility index (Phi) is 6.69. The van der Waals surface area contributed by atoms with E-state index < -0.39 is 23.0 Å². The van der Waals surface area contributed by atoms with Gasteiger partial charge in [-0.05, 0) is 25.1 Å². The van der Waals surface area contributed by atoms with Crippen LogP contribution in [0.2, 0.25) is 0 Å². The molecule has 10 heteroatoms. The van der Waals surface area contributed by atoms with E-state index >= 15 is 0 Å². The van der Waals surface area contributed by atoms with Crippen molar-refractivity contribution in [2.24, 2.45) is 0 Å². The van der Waals surface area contributed by atoms with Crippen molar-refractivity contribution in [1.29, 1.82) is 0 Å². The summed E-state index contributed by atoms with van der Waals surface area (Å²) in [6.45, 7) is 1.55. The lowest BCUT2D eigenvalue weighted by Crippen LogP contribution is -2.23. The number of hydrogen-bond acceptors (Lipinski definition) is 6. The van der Waals surface area contributed by atoms with Crippen LogP contribution in [0, 0.1) is 0 Å². The van der Waals surface area contributed by atoms with Crippen LogP contribution in [0.4, 0.5) is 24.5 Å². The quantitative estimate of drug-likeness (QED) is 0.318. The number of thioether (sulfide) groups is 1. The molecule has 3 aromatic rings. The molecule has 0 radical (unpaired) electrons. The van der Waals surface area contributed by atoms with E-state index in [1.54, 1.807) is 55.5 Å². The zero-order chi connectivity index (χ0) is 22.6. The second-order valence-corrected chi connectivity index (χ2v) is 7.80. The number of anilines is 2. The van der Waals surface area contributed by atoms with Crippen molar-refractivity contribution in [2.45, 2.75) is 23.5 Å². The van der Waals surface area contributed by atoms with Crippen LogP contribution < -0.4 is 15.8 Å². The number of nitrogen functional groups attached to an aromatic ring is 1. The summed E-state index contributed by atoms with van der Waals surface area (Å²) in [6, 6.07) is 14.1. The SMILES string of the molecule is COc1ccc(NC(=O)C(C)Sc2nc(-c3ccccc3)cc(C(F)(F)F)n2)c(N)c1. The number of carbonyl (C=O) groups is 1. The third-order valence-electron chi connectivity index (χ3n) is 4.23. The Morgan fingerprint density at radius 1 is 1.13 bits per heavy atom. The minimum atomic E-state index is -4.65. The summed E-state index contributed by atoms with van der Waals surface area (Å²) in [6.07, 6.45) is -4.65. The lowest BCUT2D eigenvalue weighted by molar-refractivity contribution is -0.141. The van der Waals surface area contributed by atoms with E-state index in [0.29, 0.717) is 22.7 Å². The standard InChI is InChI=1S/C21H19F3N4O2S/c1-12(19(29)26-16-9-8-14(30-2)10-15(16)25)31-20-27-17(13-6-4-3-5-7-13)11-18(28-20)21(22,23)24/h3-12H,25H2,1-2H3,(H,26,29). The van der Waals surface area contributed by atoms with Crippen LogP contribution in [0.1, 0.15) is 12.6 Å². The fraction of sp³-hybridized carbons (Fsp3) is 0.190. The maximum absolute atomic E-state index is 13.4. The topological polar surface area (TPSA) is 90.1 Å². The molecule has 3 N–H and O–H groups in total. The summed E-state index contributed by atoms with van der Waals surface area (Å²) < 4.78 is 45.1. The monoisotopic (exact) mass is 448 g/mol. The molecule has 2 aromatic carbocycles. The van der Waals surface area contributed by atoms with E-state index in [9.17, 15) is 18.0 Å². The van der Waals surface area contributed by atoms with Gasteiger partial charge in [-0.3, -0.25) is 4.79 Å². The third-order valence-corrected chi connectivity index (χ3v) is 5.19. The summed E-state index contributed by atoms with van der Waals surface area (Å²) in [5.74, 6) is 0.0767. The zero-order valence-electron chi connectivity index (χ0n) is 16.6. The van der Waals surface area contributed by atoms with Crippen molar-refractivity contribution in [1.82, 2.24) is 9.97 Å². The smallest absolute Gasteiger partial charge is 0.433 e. The van der Waals surface area contributed by atoms with Crippen LogP contribution in [0.15, 0.2) is 59.8 Å². The Labute approximate surface area is 181 Å². The predicted molar refractivity (Wildman–Crippen MR) is 114 cm³/mol. The van der Waals surface area contributed by atoms with Gasteiger partial charge in [0.25, 0.3) is 0 Å². The summed E-state index contributed by atoms with van der Waals surface area (Å²) in [4.78, 5) is 20.4. The van der Waals surface area contributed by atoms with Crippen molar-refractivity contribution < 1.29 is 22.7 Å². The van der Waals surface area contributed by atoms with Gasteiger partial charge in [-0.25, -0.2) is 9.97 Å². The molecule has 0 bridgehead atoms. The first-order chi connectivity index (χ1) is 14.7. The van der Waals surface area contributed by atoms with Gasteiger partial charge in [0, 0.05) is 11.6 Å². The van der Waals surface area contributed by atoms with E-state index in [1.807, 2.05) is 0 Å². The Balaban J connectivity index is 1.83. The second kappa shape index (κ2) is 9.25. The normalized spacial score (nSPS) is 12.3. The highest BCUT2D eigenvalue weighted by molar-refractivity contribution is 8.00. The largest absolute Gasteiger partial charge is 0.497 e. The first-order valence-electron chi connectivity index (χ1n) is 9.10. The van der Waals surface area contributed by atoms with E-state index in [4.69, 9.17) is 10.5 Å². The number of rotatable bonds is 6. The van der Waals surface area contributed by atoms with Crippen molar-refractivity contribution in [3.63, 3.8) is 0 Å². The number of nitrogens with two attached hydrogens (primary N) is 1. The van der Waals surface area contributed by atoms with E-state index in [2.05, 4.69) is 15.3 Å². The molecule has 162 valence electrons. The minimum Gasteiger partial charge on any atom is -0.497 e. The molecule has 1 atom stereocenters. The number of alkyl halides is 3. The molecule has 31 heavy (non-hydrogen) atoms. The molecular weight excluding hydrogens is 429 g/mol. The first kappa shape index (κ1) is 22.4. The Morgan fingerprint density at radius 2 is 1.84 bits per heavy atom. The van der Waals surface area contributed by atoms with Gasteiger partial charge in [0.1, 0.15) is 11.4 Å². The molecule has 0 aliphatic rings. The van der Waals surface area contributed by atoms with Gasteiger partial charge in [-0.2, -0.15) is 13.2 Å².